The highest BCUT2D eigenvalue weighted by molar-refractivity contribution is 9.10. The minimum Gasteiger partial charge on any atom is -0.473 e. The van der Waals surface area contributed by atoms with Gasteiger partial charge in [0, 0.05) is 22.3 Å². The van der Waals surface area contributed by atoms with Crippen LogP contribution in [0.2, 0.25) is 0 Å². The molecule has 0 aliphatic heterocycles. The molecule has 1 aromatic carbocycles. The number of aromatic nitrogens is 1. The lowest BCUT2D eigenvalue weighted by Gasteiger charge is -2.06. The lowest BCUT2D eigenvalue weighted by Crippen LogP contribution is -1.99. The number of benzene rings is 1. The van der Waals surface area contributed by atoms with E-state index >= 15 is 0 Å². The highest BCUT2D eigenvalue weighted by Gasteiger charge is 2.03. The summed E-state index contributed by atoms with van der Waals surface area (Å²) in [5.41, 5.74) is 0.508. The van der Waals surface area contributed by atoms with E-state index in [1.165, 1.54) is 6.07 Å². The molecular weight excluding hydrogens is 273 g/mol. The summed E-state index contributed by atoms with van der Waals surface area (Å²) in [5, 5.41) is 0. The molecule has 0 aliphatic carbocycles. The summed E-state index contributed by atoms with van der Waals surface area (Å²) >= 11 is 3.20. The standard InChI is InChI=1S/C12H9BrFNO/c13-10-5-4-9(11(14)7-10)8-16-12-3-1-2-6-15-12/h1-7H,8H2. The summed E-state index contributed by atoms with van der Waals surface area (Å²) in [7, 11) is 0. The van der Waals surface area contributed by atoms with Crippen LogP contribution in [-0.2, 0) is 6.61 Å². The van der Waals surface area contributed by atoms with E-state index in [0.717, 1.165) is 0 Å². The van der Waals surface area contributed by atoms with E-state index < -0.39 is 0 Å². The van der Waals surface area contributed by atoms with Crippen molar-refractivity contribution in [3.05, 3.63) is 58.4 Å². The van der Waals surface area contributed by atoms with Gasteiger partial charge in [0.25, 0.3) is 0 Å². The number of hydrogen-bond acceptors (Lipinski definition) is 2. The van der Waals surface area contributed by atoms with Gasteiger partial charge < -0.3 is 4.74 Å². The van der Waals surface area contributed by atoms with E-state index in [4.69, 9.17) is 4.74 Å². The van der Waals surface area contributed by atoms with Crippen molar-refractivity contribution in [2.24, 2.45) is 0 Å². The molecule has 2 rings (SSSR count). The van der Waals surface area contributed by atoms with E-state index in [9.17, 15) is 4.39 Å². The van der Waals surface area contributed by atoms with E-state index in [1.807, 2.05) is 6.07 Å². The summed E-state index contributed by atoms with van der Waals surface area (Å²) in [6.07, 6.45) is 1.63. The Morgan fingerprint density at radius 2 is 2.12 bits per heavy atom. The molecule has 4 heteroatoms. The molecule has 1 aromatic heterocycles. The highest BCUT2D eigenvalue weighted by atomic mass is 79.9. The fourth-order valence-corrected chi connectivity index (χ4v) is 1.56. The molecular formula is C12H9BrFNO. The van der Waals surface area contributed by atoms with Gasteiger partial charge in [0.1, 0.15) is 12.4 Å². The lowest BCUT2D eigenvalue weighted by molar-refractivity contribution is 0.288. The number of rotatable bonds is 3. The maximum absolute atomic E-state index is 13.4. The van der Waals surface area contributed by atoms with Gasteiger partial charge >= 0.3 is 0 Å². The van der Waals surface area contributed by atoms with Gasteiger partial charge in [0.2, 0.25) is 5.88 Å². The predicted octanol–water partition coefficient (Wildman–Crippen LogP) is 3.56. The maximum atomic E-state index is 13.4. The molecule has 0 saturated heterocycles. The van der Waals surface area contributed by atoms with Crippen LogP contribution in [0.5, 0.6) is 5.88 Å². The van der Waals surface area contributed by atoms with E-state index in [-0.39, 0.29) is 12.4 Å². The molecule has 82 valence electrons. The van der Waals surface area contributed by atoms with Crippen LogP contribution < -0.4 is 4.74 Å². The zero-order valence-electron chi connectivity index (χ0n) is 8.36. The normalized spacial score (nSPS) is 10.1. The third-order valence-corrected chi connectivity index (χ3v) is 2.52. The van der Waals surface area contributed by atoms with Crippen molar-refractivity contribution in [3.63, 3.8) is 0 Å². The summed E-state index contributed by atoms with van der Waals surface area (Å²) in [6.45, 7) is 0.177. The Bertz CT molecular complexity index is 476. The summed E-state index contributed by atoms with van der Waals surface area (Å²) in [5.74, 6) is 0.204. The van der Waals surface area contributed by atoms with Gasteiger partial charge in [-0.2, -0.15) is 0 Å². The van der Waals surface area contributed by atoms with Crippen LogP contribution in [0.3, 0.4) is 0 Å². The molecule has 1 heterocycles. The Balaban J connectivity index is 2.05. The molecule has 0 saturated carbocycles. The summed E-state index contributed by atoms with van der Waals surface area (Å²) < 4.78 is 19.5. The predicted molar refractivity (Wildman–Crippen MR) is 62.7 cm³/mol. The van der Waals surface area contributed by atoms with Crippen molar-refractivity contribution >= 4 is 15.9 Å². The molecule has 0 aliphatic rings. The Hall–Kier alpha value is -1.42. The Morgan fingerprint density at radius 3 is 2.81 bits per heavy atom. The first-order valence-corrected chi connectivity index (χ1v) is 5.53. The van der Waals surface area contributed by atoms with Gasteiger partial charge in [-0.25, -0.2) is 9.37 Å². The van der Waals surface area contributed by atoms with Crippen LogP contribution in [0, 0.1) is 5.82 Å². The Labute approximate surface area is 101 Å². The second-order valence-corrected chi connectivity index (χ2v) is 4.11. The SMILES string of the molecule is Fc1cc(Br)ccc1COc1ccccn1. The first kappa shape index (κ1) is 11.1. The van der Waals surface area contributed by atoms with Gasteiger partial charge in [-0.15, -0.1) is 0 Å². The minimum atomic E-state index is -0.287. The summed E-state index contributed by atoms with van der Waals surface area (Å²) in [6, 6.07) is 10.2. The van der Waals surface area contributed by atoms with Crippen molar-refractivity contribution in [3.8, 4) is 5.88 Å². The van der Waals surface area contributed by atoms with Gasteiger partial charge in [-0.3, -0.25) is 0 Å². The number of nitrogens with zero attached hydrogens (tertiary/aromatic N) is 1. The van der Waals surface area contributed by atoms with Crippen LogP contribution in [-0.4, -0.2) is 4.98 Å². The largest absolute Gasteiger partial charge is 0.473 e. The molecule has 0 fully saturated rings. The van der Waals surface area contributed by atoms with Crippen LogP contribution in [0.4, 0.5) is 4.39 Å². The molecule has 0 amide bonds. The van der Waals surface area contributed by atoms with E-state index in [0.29, 0.717) is 15.9 Å². The quantitative estimate of drug-likeness (QED) is 0.858. The van der Waals surface area contributed by atoms with Crippen LogP contribution in [0.25, 0.3) is 0 Å². The van der Waals surface area contributed by atoms with Crippen LogP contribution >= 0.6 is 15.9 Å². The van der Waals surface area contributed by atoms with E-state index in [2.05, 4.69) is 20.9 Å². The molecule has 0 radical (unpaired) electrons. The molecule has 2 aromatic rings. The molecule has 0 bridgehead atoms. The number of halogens is 2. The second-order valence-electron chi connectivity index (χ2n) is 3.19. The van der Waals surface area contributed by atoms with Crippen molar-refractivity contribution in [2.45, 2.75) is 6.61 Å². The highest BCUT2D eigenvalue weighted by Crippen LogP contribution is 2.16. The minimum absolute atomic E-state index is 0.177. The molecule has 0 atom stereocenters. The maximum Gasteiger partial charge on any atom is 0.213 e. The molecule has 2 nitrogen and oxygen atoms in total. The average Bonchev–Trinajstić information content (AvgIpc) is 2.29. The van der Waals surface area contributed by atoms with Gasteiger partial charge in [-0.1, -0.05) is 28.1 Å². The zero-order valence-corrected chi connectivity index (χ0v) is 9.95. The third-order valence-electron chi connectivity index (χ3n) is 2.03. The Kier molecular flexibility index (Phi) is 3.51. The van der Waals surface area contributed by atoms with Gasteiger partial charge in [0.15, 0.2) is 0 Å². The Morgan fingerprint density at radius 1 is 1.25 bits per heavy atom. The van der Waals surface area contributed by atoms with Crippen molar-refractivity contribution in [1.82, 2.24) is 4.98 Å². The average molecular weight is 282 g/mol. The molecule has 0 N–H and O–H groups in total. The number of ether oxygens (including phenoxy) is 1. The molecule has 16 heavy (non-hydrogen) atoms. The lowest BCUT2D eigenvalue weighted by atomic mass is 10.2. The third kappa shape index (κ3) is 2.79. The van der Waals surface area contributed by atoms with Crippen molar-refractivity contribution in [1.29, 1.82) is 0 Å². The monoisotopic (exact) mass is 281 g/mol. The van der Waals surface area contributed by atoms with Crippen molar-refractivity contribution < 1.29 is 9.13 Å². The first-order valence-electron chi connectivity index (χ1n) is 4.73. The number of pyridine rings is 1. The molecule has 0 unspecified atom stereocenters. The van der Waals surface area contributed by atoms with Gasteiger partial charge in [-0.05, 0) is 18.2 Å². The van der Waals surface area contributed by atoms with Crippen molar-refractivity contribution in [2.75, 3.05) is 0 Å². The van der Waals surface area contributed by atoms with Crippen LogP contribution in [0.15, 0.2) is 47.1 Å². The summed E-state index contributed by atoms with van der Waals surface area (Å²) in [4.78, 5) is 3.99. The van der Waals surface area contributed by atoms with E-state index in [1.54, 1.807) is 30.5 Å². The van der Waals surface area contributed by atoms with Gasteiger partial charge in [0.05, 0.1) is 0 Å². The topological polar surface area (TPSA) is 22.1 Å². The second kappa shape index (κ2) is 5.07. The number of hydrogen-bond donors (Lipinski definition) is 0. The molecule has 0 spiro atoms. The zero-order chi connectivity index (χ0) is 11.4. The fourth-order valence-electron chi connectivity index (χ4n) is 1.22. The fraction of sp³-hybridized carbons (Fsp3) is 0.0833. The smallest absolute Gasteiger partial charge is 0.213 e. The first-order chi connectivity index (χ1) is 7.75. The van der Waals surface area contributed by atoms with Crippen LogP contribution in [0.1, 0.15) is 5.56 Å².